The standard InChI is InChI=1S/C21H11F4N3O2S/c22-14-5-6-15-16(10-14)27-11-28(20(15)30)17(18(29)19-26-7-8-31-19)9-12-1-3-13(4-2-12)21(23,24)25/h1-11H/b17-9-. The normalized spacial score (nSPS) is 12.3. The number of fused-ring (bicyclic) bond motifs is 1. The van der Waals surface area contributed by atoms with Crippen LogP contribution in [0.2, 0.25) is 0 Å². The number of rotatable bonds is 4. The van der Waals surface area contributed by atoms with E-state index in [1.54, 1.807) is 5.38 Å². The largest absolute Gasteiger partial charge is 0.416 e. The minimum Gasteiger partial charge on any atom is -0.284 e. The van der Waals surface area contributed by atoms with Gasteiger partial charge in [-0.3, -0.25) is 14.2 Å². The zero-order chi connectivity index (χ0) is 22.2. The Bertz CT molecular complexity index is 1360. The highest BCUT2D eigenvalue weighted by Gasteiger charge is 2.30. The quantitative estimate of drug-likeness (QED) is 0.255. The molecule has 0 aliphatic carbocycles. The molecule has 0 bridgehead atoms. The molecule has 4 aromatic rings. The molecule has 0 N–H and O–H groups in total. The molecule has 4 rings (SSSR count). The van der Waals surface area contributed by atoms with Crippen molar-refractivity contribution in [2.45, 2.75) is 6.18 Å². The summed E-state index contributed by atoms with van der Waals surface area (Å²) in [7, 11) is 0. The van der Waals surface area contributed by atoms with Crippen molar-refractivity contribution in [3.05, 3.63) is 92.7 Å². The summed E-state index contributed by atoms with van der Waals surface area (Å²) in [6, 6.07) is 7.56. The number of allylic oxidation sites excluding steroid dienone is 1. The van der Waals surface area contributed by atoms with Crippen LogP contribution in [0, 0.1) is 5.82 Å². The van der Waals surface area contributed by atoms with Crippen LogP contribution in [0.4, 0.5) is 17.6 Å². The molecule has 0 aliphatic heterocycles. The zero-order valence-corrected chi connectivity index (χ0v) is 16.2. The minimum absolute atomic E-state index is 0.0779. The predicted octanol–water partition coefficient (Wildman–Crippen LogP) is 4.89. The summed E-state index contributed by atoms with van der Waals surface area (Å²) in [5, 5.41) is 1.74. The molecule has 0 unspecified atom stereocenters. The number of hydrogen-bond donors (Lipinski definition) is 0. The van der Waals surface area contributed by atoms with E-state index in [1.165, 1.54) is 30.5 Å². The number of benzene rings is 2. The summed E-state index contributed by atoms with van der Waals surface area (Å²) in [5.41, 5.74) is -1.26. The Morgan fingerprint density at radius 1 is 1.06 bits per heavy atom. The smallest absolute Gasteiger partial charge is 0.284 e. The first-order valence-corrected chi connectivity index (χ1v) is 9.62. The lowest BCUT2D eigenvalue weighted by atomic mass is 10.1. The molecule has 2 aromatic carbocycles. The Labute approximate surface area is 175 Å². The Hall–Kier alpha value is -3.66. The highest BCUT2D eigenvalue weighted by Crippen LogP contribution is 2.29. The lowest BCUT2D eigenvalue weighted by molar-refractivity contribution is -0.137. The maximum Gasteiger partial charge on any atom is 0.416 e. The summed E-state index contributed by atoms with van der Waals surface area (Å²) in [6.45, 7) is 0. The van der Waals surface area contributed by atoms with Crippen molar-refractivity contribution in [3.8, 4) is 0 Å². The van der Waals surface area contributed by atoms with Gasteiger partial charge in [0.2, 0.25) is 5.78 Å². The van der Waals surface area contributed by atoms with Gasteiger partial charge < -0.3 is 0 Å². The Morgan fingerprint density at radius 2 is 1.81 bits per heavy atom. The van der Waals surface area contributed by atoms with E-state index in [9.17, 15) is 27.2 Å². The number of thiazole rings is 1. The van der Waals surface area contributed by atoms with Gasteiger partial charge in [0.05, 0.1) is 16.5 Å². The third-order valence-corrected chi connectivity index (χ3v) is 5.15. The molecule has 0 atom stereocenters. The first kappa shape index (κ1) is 20.6. The van der Waals surface area contributed by atoms with E-state index in [1.807, 2.05) is 0 Å². The highest BCUT2D eigenvalue weighted by molar-refractivity contribution is 7.12. The summed E-state index contributed by atoms with van der Waals surface area (Å²) >= 11 is 1.05. The van der Waals surface area contributed by atoms with Crippen LogP contribution in [-0.4, -0.2) is 20.3 Å². The molecule has 2 aromatic heterocycles. The van der Waals surface area contributed by atoms with Crippen LogP contribution in [0.15, 0.2) is 65.2 Å². The third kappa shape index (κ3) is 4.15. The van der Waals surface area contributed by atoms with Gasteiger partial charge in [-0.1, -0.05) is 12.1 Å². The Morgan fingerprint density at radius 3 is 2.45 bits per heavy atom. The number of Topliss-reactive ketones (excluding diaryl/α,β-unsaturated/α-hetero) is 1. The molecule has 0 saturated carbocycles. The lowest BCUT2D eigenvalue weighted by Gasteiger charge is -2.10. The summed E-state index contributed by atoms with van der Waals surface area (Å²) in [6.07, 6.45) is -0.734. The van der Waals surface area contributed by atoms with Crippen molar-refractivity contribution in [3.63, 3.8) is 0 Å². The van der Waals surface area contributed by atoms with Crippen molar-refractivity contribution >= 4 is 39.8 Å². The number of carbonyl (C=O) groups is 1. The highest BCUT2D eigenvalue weighted by atomic mass is 32.1. The van der Waals surface area contributed by atoms with Crippen molar-refractivity contribution in [1.29, 1.82) is 0 Å². The van der Waals surface area contributed by atoms with E-state index < -0.39 is 28.9 Å². The number of hydrogen-bond acceptors (Lipinski definition) is 5. The predicted molar refractivity (Wildman–Crippen MR) is 108 cm³/mol. The number of aromatic nitrogens is 3. The Balaban J connectivity index is 1.88. The second kappa shape index (κ2) is 7.88. The van der Waals surface area contributed by atoms with Gasteiger partial charge in [0.1, 0.15) is 17.8 Å². The fraction of sp³-hybridized carbons (Fsp3) is 0.0476. The lowest BCUT2D eigenvalue weighted by Crippen LogP contribution is -2.24. The molecule has 0 aliphatic rings. The van der Waals surface area contributed by atoms with Crippen LogP contribution >= 0.6 is 11.3 Å². The number of alkyl halides is 3. The summed E-state index contributed by atoms with van der Waals surface area (Å²) in [4.78, 5) is 34.0. The zero-order valence-electron chi connectivity index (χ0n) is 15.4. The van der Waals surface area contributed by atoms with Gasteiger partial charge in [0.25, 0.3) is 5.56 Å². The molecular weight excluding hydrogens is 434 g/mol. The molecule has 0 radical (unpaired) electrons. The van der Waals surface area contributed by atoms with Gasteiger partial charge in [0.15, 0.2) is 5.01 Å². The average molecular weight is 445 g/mol. The molecular formula is C21H11F4N3O2S. The fourth-order valence-electron chi connectivity index (χ4n) is 2.88. The monoisotopic (exact) mass is 445 g/mol. The summed E-state index contributed by atoms with van der Waals surface area (Å²) in [5.74, 6) is -1.18. The van der Waals surface area contributed by atoms with E-state index in [0.717, 1.165) is 46.5 Å². The number of carbonyl (C=O) groups excluding carboxylic acids is 1. The maximum absolute atomic E-state index is 13.4. The van der Waals surface area contributed by atoms with Crippen LogP contribution in [0.5, 0.6) is 0 Å². The van der Waals surface area contributed by atoms with E-state index in [4.69, 9.17) is 0 Å². The third-order valence-electron chi connectivity index (χ3n) is 4.38. The first-order valence-electron chi connectivity index (χ1n) is 8.74. The molecule has 5 nitrogen and oxygen atoms in total. The van der Waals surface area contributed by atoms with Crippen LogP contribution in [0.25, 0.3) is 22.7 Å². The number of nitrogens with zero attached hydrogens (tertiary/aromatic N) is 3. The topological polar surface area (TPSA) is 64.8 Å². The van der Waals surface area contributed by atoms with Gasteiger partial charge >= 0.3 is 6.18 Å². The van der Waals surface area contributed by atoms with Gasteiger partial charge in [-0.2, -0.15) is 13.2 Å². The SMILES string of the molecule is O=C(/C(=C/c1ccc(C(F)(F)F)cc1)n1cnc2cc(F)ccc2c1=O)c1nccs1. The van der Waals surface area contributed by atoms with Crippen molar-refractivity contribution in [2.75, 3.05) is 0 Å². The van der Waals surface area contributed by atoms with Gasteiger partial charge in [-0.05, 0) is 35.9 Å². The van der Waals surface area contributed by atoms with Gasteiger partial charge in [0, 0.05) is 17.6 Å². The van der Waals surface area contributed by atoms with Crippen molar-refractivity contribution < 1.29 is 22.4 Å². The van der Waals surface area contributed by atoms with Crippen LogP contribution < -0.4 is 5.56 Å². The van der Waals surface area contributed by atoms with Crippen LogP contribution in [-0.2, 0) is 6.18 Å². The van der Waals surface area contributed by atoms with E-state index >= 15 is 0 Å². The van der Waals surface area contributed by atoms with Gasteiger partial charge in [-0.25, -0.2) is 14.4 Å². The van der Waals surface area contributed by atoms with E-state index in [2.05, 4.69) is 9.97 Å². The van der Waals surface area contributed by atoms with Crippen molar-refractivity contribution in [1.82, 2.24) is 14.5 Å². The van der Waals surface area contributed by atoms with E-state index in [0.29, 0.717) is 0 Å². The molecule has 10 heteroatoms. The molecule has 156 valence electrons. The molecule has 0 spiro atoms. The Kier molecular flexibility index (Phi) is 5.24. The molecule has 0 saturated heterocycles. The maximum atomic E-state index is 13.4. The second-order valence-corrected chi connectivity index (χ2v) is 7.29. The molecule has 0 amide bonds. The molecule has 31 heavy (non-hydrogen) atoms. The molecule has 2 heterocycles. The minimum atomic E-state index is -4.50. The van der Waals surface area contributed by atoms with Crippen LogP contribution in [0.1, 0.15) is 20.9 Å². The van der Waals surface area contributed by atoms with Crippen molar-refractivity contribution in [2.24, 2.45) is 0 Å². The first-order chi connectivity index (χ1) is 14.7. The fourth-order valence-corrected chi connectivity index (χ4v) is 3.47. The second-order valence-electron chi connectivity index (χ2n) is 6.40. The van der Waals surface area contributed by atoms with Crippen LogP contribution in [0.3, 0.4) is 0 Å². The number of ketones is 1. The summed E-state index contributed by atoms with van der Waals surface area (Å²) < 4.78 is 52.9. The average Bonchev–Trinajstić information content (AvgIpc) is 3.27. The van der Waals surface area contributed by atoms with Gasteiger partial charge in [-0.15, -0.1) is 11.3 Å². The van der Waals surface area contributed by atoms with E-state index in [-0.39, 0.29) is 27.2 Å². The molecule has 0 fully saturated rings. The number of halogens is 4.